The summed E-state index contributed by atoms with van der Waals surface area (Å²) in [5.41, 5.74) is 0.753. The van der Waals surface area contributed by atoms with Crippen molar-refractivity contribution in [1.82, 2.24) is 10.2 Å². The van der Waals surface area contributed by atoms with E-state index in [2.05, 4.69) is 24.0 Å². The molecule has 122 valence electrons. The minimum Gasteiger partial charge on any atom is -0.493 e. The summed E-state index contributed by atoms with van der Waals surface area (Å²) in [4.78, 5) is 11.5. The summed E-state index contributed by atoms with van der Waals surface area (Å²) >= 11 is 0.921. The number of carbonyl (C=O) groups is 1. The average Bonchev–Trinajstić information content (AvgIpc) is 2.91. The first kappa shape index (κ1) is 17.1. The third-order valence-electron chi connectivity index (χ3n) is 2.68. The number of aliphatic carboxylic acids is 1. The Morgan fingerprint density at radius 3 is 2.57 bits per heavy atom. The molecule has 0 bridgehead atoms. The highest BCUT2D eigenvalue weighted by atomic mass is 32.2. The summed E-state index contributed by atoms with van der Waals surface area (Å²) in [6, 6.07) is 7.24. The maximum absolute atomic E-state index is 11.4. The second kappa shape index (κ2) is 7.82. The summed E-state index contributed by atoms with van der Waals surface area (Å²) in [6.45, 7) is 6.44. The van der Waals surface area contributed by atoms with Crippen molar-refractivity contribution in [2.75, 3.05) is 6.61 Å². The molecular formula is C16H18N2O4S. The van der Waals surface area contributed by atoms with Crippen molar-refractivity contribution in [1.29, 1.82) is 0 Å². The predicted molar refractivity (Wildman–Crippen MR) is 87.3 cm³/mol. The van der Waals surface area contributed by atoms with Gasteiger partial charge in [0.1, 0.15) is 10.7 Å². The SMILES string of the molecule is Cc1nnc(S/C(=C/c2ccc(OCC(C)C)cc2)C(=O)O)o1. The highest BCUT2D eigenvalue weighted by Crippen LogP contribution is 2.27. The van der Waals surface area contributed by atoms with Crippen LogP contribution in [0.5, 0.6) is 5.75 Å². The lowest BCUT2D eigenvalue weighted by Crippen LogP contribution is -2.04. The van der Waals surface area contributed by atoms with Crippen LogP contribution in [0, 0.1) is 12.8 Å². The zero-order valence-corrected chi connectivity index (χ0v) is 14.0. The number of hydrogen-bond acceptors (Lipinski definition) is 6. The molecule has 0 unspecified atom stereocenters. The number of benzene rings is 1. The van der Waals surface area contributed by atoms with E-state index in [1.54, 1.807) is 25.1 Å². The molecule has 0 radical (unpaired) electrons. The van der Waals surface area contributed by atoms with Crippen LogP contribution in [0.2, 0.25) is 0 Å². The third kappa shape index (κ3) is 5.45. The summed E-state index contributed by atoms with van der Waals surface area (Å²) in [6.07, 6.45) is 1.55. The number of aromatic nitrogens is 2. The fourth-order valence-corrected chi connectivity index (χ4v) is 2.34. The van der Waals surface area contributed by atoms with E-state index in [-0.39, 0.29) is 10.1 Å². The van der Waals surface area contributed by atoms with Crippen LogP contribution in [-0.2, 0) is 4.79 Å². The van der Waals surface area contributed by atoms with Gasteiger partial charge in [-0.25, -0.2) is 4.79 Å². The molecule has 1 aromatic heterocycles. The average molecular weight is 334 g/mol. The van der Waals surface area contributed by atoms with Gasteiger partial charge >= 0.3 is 5.97 Å². The number of thioether (sulfide) groups is 1. The number of aryl methyl sites for hydroxylation is 1. The molecule has 0 aliphatic heterocycles. The maximum Gasteiger partial charge on any atom is 0.342 e. The Kier molecular flexibility index (Phi) is 5.81. The topological polar surface area (TPSA) is 85.5 Å². The number of carboxylic acids is 1. The molecule has 0 aliphatic carbocycles. The minimum absolute atomic E-state index is 0.101. The van der Waals surface area contributed by atoms with Crippen LogP contribution in [0.1, 0.15) is 25.3 Å². The van der Waals surface area contributed by atoms with Crippen molar-refractivity contribution >= 4 is 23.8 Å². The van der Waals surface area contributed by atoms with Gasteiger partial charge < -0.3 is 14.3 Å². The zero-order valence-electron chi connectivity index (χ0n) is 13.1. The van der Waals surface area contributed by atoms with E-state index >= 15 is 0 Å². The predicted octanol–water partition coefficient (Wildman–Crippen LogP) is 3.63. The van der Waals surface area contributed by atoms with Gasteiger partial charge in [-0.15, -0.1) is 10.2 Å². The van der Waals surface area contributed by atoms with Crippen LogP contribution in [0.25, 0.3) is 6.08 Å². The van der Waals surface area contributed by atoms with Crippen molar-refractivity contribution < 1.29 is 19.1 Å². The number of rotatable bonds is 7. The van der Waals surface area contributed by atoms with Gasteiger partial charge in [-0.1, -0.05) is 26.0 Å². The lowest BCUT2D eigenvalue weighted by molar-refractivity contribution is -0.131. The van der Waals surface area contributed by atoms with E-state index in [1.165, 1.54) is 0 Å². The van der Waals surface area contributed by atoms with Crippen LogP contribution < -0.4 is 4.74 Å². The molecule has 2 aromatic rings. The van der Waals surface area contributed by atoms with E-state index in [1.807, 2.05) is 12.1 Å². The lowest BCUT2D eigenvalue weighted by Gasteiger charge is -2.08. The van der Waals surface area contributed by atoms with E-state index in [0.717, 1.165) is 23.1 Å². The molecule has 0 spiro atoms. The largest absolute Gasteiger partial charge is 0.493 e. The molecule has 6 nitrogen and oxygen atoms in total. The van der Waals surface area contributed by atoms with Crippen LogP contribution in [-0.4, -0.2) is 27.9 Å². The zero-order chi connectivity index (χ0) is 16.8. The van der Waals surface area contributed by atoms with Crippen LogP contribution in [0.4, 0.5) is 0 Å². The summed E-state index contributed by atoms with van der Waals surface area (Å²) in [5.74, 6) is 0.547. The second-order valence-corrected chi connectivity index (χ2v) is 6.27. The molecule has 0 atom stereocenters. The molecule has 0 saturated heterocycles. The monoisotopic (exact) mass is 334 g/mol. The number of carboxylic acid groups (broad SMARTS) is 1. The van der Waals surface area contributed by atoms with E-state index in [0.29, 0.717) is 18.4 Å². The molecule has 0 fully saturated rings. The molecule has 0 saturated carbocycles. The van der Waals surface area contributed by atoms with Gasteiger partial charge in [0, 0.05) is 6.92 Å². The molecule has 0 amide bonds. The van der Waals surface area contributed by atoms with Crippen LogP contribution in [0.3, 0.4) is 0 Å². The van der Waals surface area contributed by atoms with Crippen LogP contribution >= 0.6 is 11.8 Å². The number of nitrogens with zero attached hydrogens (tertiary/aromatic N) is 2. The van der Waals surface area contributed by atoms with Crippen molar-refractivity contribution in [3.05, 3.63) is 40.6 Å². The van der Waals surface area contributed by atoms with Gasteiger partial charge in [0.25, 0.3) is 5.22 Å². The Labute approximate surface area is 138 Å². The molecule has 1 aromatic carbocycles. The third-order valence-corrected chi connectivity index (χ3v) is 3.53. The molecule has 1 heterocycles. The Morgan fingerprint density at radius 2 is 2.04 bits per heavy atom. The molecule has 0 aliphatic rings. The minimum atomic E-state index is -1.05. The maximum atomic E-state index is 11.4. The first-order chi connectivity index (χ1) is 10.9. The van der Waals surface area contributed by atoms with Crippen molar-refractivity contribution in [3.63, 3.8) is 0 Å². The van der Waals surface area contributed by atoms with E-state index in [9.17, 15) is 9.90 Å². The summed E-state index contributed by atoms with van der Waals surface area (Å²) < 4.78 is 10.8. The Morgan fingerprint density at radius 1 is 1.35 bits per heavy atom. The van der Waals surface area contributed by atoms with Crippen LogP contribution in [0.15, 0.2) is 38.8 Å². The summed E-state index contributed by atoms with van der Waals surface area (Å²) in [7, 11) is 0. The number of ether oxygens (including phenoxy) is 1. The van der Waals surface area contributed by atoms with Gasteiger partial charge in [-0.05, 0) is 41.5 Å². The molecule has 23 heavy (non-hydrogen) atoms. The second-order valence-electron chi connectivity index (χ2n) is 5.28. The first-order valence-electron chi connectivity index (χ1n) is 7.10. The fraction of sp³-hybridized carbons (Fsp3) is 0.312. The van der Waals surface area contributed by atoms with Crippen molar-refractivity contribution in [3.8, 4) is 5.75 Å². The molecule has 1 N–H and O–H groups in total. The molecule has 7 heteroatoms. The van der Waals surface area contributed by atoms with E-state index in [4.69, 9.17) is 9.15 Å². The highest BCUT2D eigenvalue weighted by Gasteiger charge is 2.14. The van der Waals surface area contributed by atoms with Gasteiger partial charge in [-0.3, -0.25) is 0 Å². The lowest BCUT2D eigenvalue weighted by atomic mass is 10.2. The Bertz CT molecular complexity index is 692. The fourth-order valence-electron chi connectivity index (χ4n) is 1.62. The molecular weight excluding hydrogens is 316 g/mol. The smallest absolute Gasteiger partial charge is 0.342 e. The van der Waals surface area contributed by atoms with Gasteiger partial charge in [0.2, 0.25) is 5.89 Å². The Balaban J connectivity index is 2.11. The first-order valence-corrected chi connectivity index (χ1v) is 7.91. The van der Waals surface area contributed by atoms with Crippen molar-refractivity contribution in [2.45, 2.75) is 26.0 Å². The Hall–Kier alpha value is -2.28. The van der Waals surface area contributed by atoms with Gasteiger partial charge in [-0.2, -0.15) is 0 Å². The van der Waals surface area contributed by atoms with E-state index < -0.39 is 5.97 Å². The van der Waals surface area contributed by atoms with Crippen molar-refractivity contribution in [2.24, 2.45) is 5.92 Å². The summed E-state index contributed by atoms with van der Waals surface area (Å²) in [5, 5.41) is 17.0. The standard InChI is InChI=1S/C16H18N2O4S/c1-10(2)9-21-13-6-4-12(5-7-13)8-14(15(19)20)23-16-18-17-11(3)22-16/h4-8,10H,9H2,1-3H3,(H,19,20)/b14-8+. The van der Waals surface area contributed by atoms with Gasteiger partial charge in [0.05, 0.1) is 6.61 Å². The quantitative estimate of drug-likeness (QED) is 0.611. The normalized spacial score (nSPS) is 11.7. The molecule has 2 rings (SSSR count). The highest BCUT2D eigenvalue weighted by molar-refractivity contribution is 8.03. The van der Waals surface area contributed by atoms with Gasteiger partial charge in [0.15, 0.2) is 0 Å². The number of hydrogen-bond donors (Lipinski definition) is 1.